The number of ether oxygens (including phenoxy) is 1. The molecule has 0 saturated heterocycles. The summed E-state index contributed by atoms with van der Waals surface area (Å²) in [4.78, 5) is 25.2. The number of carbonyl (C=O) groups is 2. The van der Waals surface area contributed by atoms with Crippen molar-refractivity contribution >= 4 is 34.5 Å². The maximum atomic E-state index is 12.4. The molecule has 0 saturated carbocycles. The number of benzene rings is 2. The molecular weight excluding hydrogens is 360 g/mol. The van der Waals surface area contributed by atoms with Crippen molar-refractivity contribution in [1.29, 1.82) is 0 Å². The Morgan fingerprint density at radius 3 is 2.30 bits per heavy atom. The molecule has 2 N–H and O–H groups in total. The topological polar surface area (TPSA) is 67.4 Å². The molecule has 2 amide bonds. The van der Waals surface area contributed by atoms with E-state index in [0.29, 0.717) is 34.2 Å². The van der Waals surface area contributed by atoms with Crippen LogP contribution >= 0.6 is 11.3 Å². The van der Waals surface area contributed by atoms with Crippen molar-refractivity contribution in [2.24, 2.45) is 0 Å². The van der Waals surface area contributed by atoms with Gasteiger partial charge in [-0.2, -0.15) is 0 Å². The van der Waals surface area contributed by atoms with Gasteiger partial charge in [0.05, 0.1) is 4.88 Å². The summed E-state index contributed by atoms with van der Waals surface area (Å²) >= 11 is 1.37. The number of nitrogens with one attached hydrogen (secondary N) is 2. The van der Waals surface area contributed by atoms with E-state index in [1.807, 2.05) is 11.4 Å². The summed E-state index contributed by atoms with van der Waals surface area (Å²) in [6.07, 6.45) is 1.66. The molecule has 3 aromatic rings. The van der Waals surface area contributed by atoms with E-state index < -0.39 is 0 Å². The zero-order chi connectivity index (χ0) is 19.1. The van der Waals surface area contributed by atoms with Gasteiger partial charge in [0, 0.05) is 16.9 Å². The van der Waals surface area contributed by atoms with Crippen LogP contribution in [0.4, 0.5) is 11.4 Å². The number of anilines is 2. The number of thiophene rings is 1. The molecule has 5 nitrogen and oxygen atoms in total. The second-order valence-electron chi connectivity index (χ2n) is 5.59. The first-order valence-electron chi connectivity index (χ1n) is 8.26. The first kappa shape index (κ1) is 18.4. The van der Waals surface area contributed by atoms with Crippen LogP contribution in [0.15, 0.2) is 78.7 Å². The van der Waals surface area contributed by atoms with Gasteiger partial charge < -0.3 is 15.4 Å². The summed E-state index contributed by atoms with van der Waals surface area (Å²) in [5.74, 6) is 0.250. The van der Waals surface area contributed by atoms with E-state index >= 15 is 0 Å². The Labute approximate surface area is 161 Å². The van der Waals surface area contributed by atoms with Gasteiger partial charge in [-0.1, -0.05) is 24.8 Å². The van der Waals surface area contributed by atoms with Crippen molar-refractivity contribution in [3.63, 3.8) is 0 Å². The normalized spacial score (nSPS) is 10.1. The third-order valence-corrected chi connectivity index (χ3v) is 4.48. The molecule has 0 bridgehead atoms. The highest BCUT2D eigenvalue weighted by molar-refractivity contribution is 7.12. The molecule has 1 heterocycles. The summed E-state index contributed by atoms with van der Waals surface area (Å²) in [6, 6.07) is 17.4. The monoisotopic (exact) mass is 378 g/mol. The summed E-state index contributed by atoms with van der Waals surface area (Å²) in [5.41, 5.74) is 1.71. The van der Waals surface area contributed by atoms with Crippen molar-refractivity contribution in [3.05, 3.63) is 89.1 Å². The van der Waals surface area contributed by atoms with E-state index in [1.165, 1.54) is 11.3 Å². The van der Waals surface area contributed by atoms with Gasteiger partial charge in [0.15, 0.2) is 0 Å². The highest BCUT2D eigenvalue weighted by Crippen LogP contribution is 2.19. The first-order valence-corrected chi connectivity index (χ1v) is 9.14. The van der Waals surface area contributed by atoms with Crippen molar-refractivity contribution in [1.82, 2.24) is 0 Å². The Kier molecular flexibility index (Phi) is 6.02. The second kappa shape index (κ2) is 8.82. The third kappa shape index (κ3) is 5.05. The highest BCUT2D eigenvalue weighted by Gasteiger charge is 2.09. The molecule has 1 aromatic heterocycles. The van der Waals surface area contributed by atoms with Crippen molar-refractivity contribution in [2.75, 3.05) is 17.2 Å². The lowest BCUT2D eigenvalue weighted by atomic mass is 10.2. The molecule has 0 fully saturated rings. The minimum atomic E-state index is -0.244. The molecule has 0 atom stereocenters. The van der Waals surface area contributed by atoms with Crippen LogP contribution in [-0.4, -0.2) is 18.4 Å². The summed E-state index contributed by atoms with van der Waals surface area (Å²) in [7, 11) is 0. The Morgan fingerprint density at radius 1 is 0.963 bits per heavy atom. The number of hydrogen-bond donors (Lipinski definition) is 2. The van der Waals surface area contributed by atoms with Gasteiger partial charge >= 0.3 is 0 Å². The van der Waals surface area contributed by atoms with Gasteiger partial charge in [-0.05, 0) is 53.9 Å². The molecule has 2 aromatic carbocycles. The van der Waals surface area contributed by atoms with Crippen LogP contribution in [0.2, 0.25) is 0 Å². The summed E-state index contributed by atoms with van der Waals surface area (Å²) in [5, 5.41) is 7.49. The lowest BCUT2D eigenvalue weighted by Gasteiger charge is -2.09. The Bertz CT molecular complexity index is 934. The van der Waals surface area contributed by atoms with Crippen LogP contribution in [0.5, 0.6) is 5.75 Å². The fraction of sp³-hybridized carbons (Fsp3) is 0.0476. The molecule has 0 aliphatic carbocycles. The molecule has 136 valence electrons. The molecule has 0 unspecified atom stereocenters. The predicted molar refractivity (Wildman–Crippen MR) is 109 cm³/mol. The van der Waals surface area contributed by atoms with E-state index in [2.05, 4.69) is 17.2 Å². The highest BCUT2D eigenvalue weighted by atomic mass is 32.1. The molecule has 3 rings (SSSR count). The number of hydrogen-bond acceptors (Lipinski definition) is 4. The smallest absolute Gasteiger partial charge is 0.265 e. The maximum absolute atomic E-state index is 12.4. The molecule has 27 heavy (non-hydrogen) atoms. The van der Waals surface area contributed by atoms with Crippen LogP contribution in [-0.2, 0) is 0 Å². The van der Waals surface area contributed by atoms with Crippen LogP contribution in [0, 0.1) is 0 Å². The van der Waals surface area contributed by atoms with Gasteiger partial charge in [0.25, 0.3) is 11.8 Å². The van der Waals surface area contributed by atoms with Crippen LogP contribution in [0.25, 0.3) is 0 Å². The third-order valence-electron chi connectivity index (χ3n) is 3.61. The average molecular weight is 378 g/mol. The van der Waals surface area contributed by atoms with Crippen LogP contribution in [0.3, 0.4) is 0 Å². The standard InChI is InChI=1S/C21H18N2O3S/c1-2-12-26-18-10-8-15(9-11-18)20(24)22-16-5-3-6-17(14-16)23-21(25)19-7-4-13-27-19/h2-11,13-14H,1,12H2,(H,22,24)(H,23,25). The van der Waals surface area contributed by atoms with Gasteiger partial charge in [0.2, 0.25) is 0 Å². The SMILES string of the molecule is C=CCOc1ccc(C(=O)Nc2cccc(NC(=O)c3cccs3)c2)cc1. The largest absolute Gasteiger partial charge is 0.490 e. The Morgan fingerprint density at radius 2 is 1.67 bits per heavy atom. The minimum absolute atomic E-state index is 0.177. The minimum Gasteiger partial charge on any atom is -0.490 e. The summed E-state index contributed by atoms with van der Waals surface area (Å²) in [6.45, 7) is 4.01. The van der Waals surface area contributed by atoms with Gasteiger partial charge in [0.1, 0.15) is 12.4 Å². The molecule has 0 aliphatic heterocycles. The molecule has 6 heteroatoms. The van der Waals surface area contributed by atoms with Crippen LogP contribution in [0.1, 0.15) is 20.0 Å². The van der Waals surface area contributed by atoms with Crippen LogP contribution < -0.4 is 15.4 Å². The Hall–Kier alpha value is -3.38. The predicted octanol–water partition coefficient (Wildman–Crippen LogP) is 4.82. The molecule has 0 aliphatic rings. The first-order chi connectivity index (χ1) is 13.2. The van der Waals surface area contributed by atoms with E-state index in [4.69, 9.17) is 4.74 Å². The fourth-order valence-corrected chi connectivity index (χ4v) is 2.96. The summed E-state index contributed by atoms with van der Waals surface area (Å²) < 4.78 is 5.40. The van der Waals surface area contributed by atoms with Gasteiger partial charge in [-0.15, -0.1) is 11.3 Å². The van der Waals surface area contributed by atoms with E-state index in [-0.39, 0.29) is 11.8 Å². The van der Waals surface area contributed by atoms with E-state index in [0.717, 1.165) is 0 Å². The lowest BCUT2D eigenvalue weighted by Crippen LogP contribution is -2.13. The lowest BCUT2D eigenvalue weighted by molar-refractivity contribution is 0.102. The Balaban J connectivity index is 1.64. The molecular formula is C21H18N2O3S. The molecule has 0 radical (unpaired) electrons. The maximum Gasteiger partial charge on any atom is 0.265 e. The quantitative estimate of drug-likeness (QED) is 0.579. The number of rotatable bonds is 7. The molecule has 0 spiro atoms. The van der Waals surface area contributed by atoms with E-state index in [9.17, 15) is 9.59 Å². The number of carbonyl (C=O) groups excluding carboxylic acids is 2. The van der Waals surface area contributed by atoms with Gasteiger partial charge in [-0.25, -0.2) is 0 Å². The van der Waals surface area contributed by atoms with E-state index in [1.54, 1.807) is 60.7 Å². The fourth-order valence-electron chi connectivity index (χ4n) is 2.34. The van der Waals surface area contributed by atoms with Crippen molar-refractivity contribution in [3.8, 4) is 5.75 Å². The second-order valence-corrected chi connectivity index (χ2v) is 6.54. The van der Waals surface area contributed by atoms with Gasteiger partial charge in [-0.3, -0.25) is 9.59 Å². The zero-order valence-corrected chi connectivity index (χ0v) is 15.3. The van der Waals surface area contributed by atoms with Crippen molar-refractivity contribution in [2.45, 2.75) is 0 Å². The zero-order valence-electron chi connectivity index (χ0n) is 14.5. The number of amides is 2. The average Bonchev–Trinajstić information content (AvgIpc) is 3.22. The van der Waals surface area contributed by atoms with Crippen molar-refractivity contribution < 1.29 is 14.3 Å².